The molecule has 0 spiro atoms. The van der Waals surface area contributed by atoms with Gasteiger partial charge in [0.2, 0.25) is 0 Å². The molecule has 1 aromatic rings. The van der Waals surface area contributed by atoms with Gasteiger partial charge in [0.15, 0.2) is 0 Å². The Kier molecular flexibility index (Phi) is 3.96. The molecule has 2 atom stereocenters. The summed E-state index contributed by atoms with van der Waals surface area (Å²) >= 11 is 1.15. The summed E-state index contributed by atoms with van der Waals surface area (Å²) in [6.07, 6.45) is 6.12. The lowest BCUT2D eigenvalue weighted by molar-refractivity contribution is 0.0928. The topological polar surface area (TPSA) is 66.9 Å². The van der Waals surface area contributed by atoms with Crippen LogP contribution in [-0.4, -0.2) is 33.6 Å². The number of fused-ring (bicyclic) bond motifs is 2. The van der Waals surface area contributed by atoms with Gasteiger partial charge in [0.05, 0.1) is 6.20 Å². The first kappa shape index (κ1) is 12.7. The van der Waals surface area contributed by atoms with Crippen LogP contribution in [0.2, 0.25) is 0 Å². The second-order valence-electron chi connectivity index (χ2n) is 4.56. The third-order valence-electron chi connectivity index (χ3n) is 3.39. The third-order valence-corrected chi connectivity index (χ3v) is 4.06. The molecule has 2 bridgehead atoms. The van der Waals surface area contributed by atoms with Crippen LogP contribution in [-0.2, 0) is 0 Å². The number of nitrogens with zero attached hydrogens (tertiary/aromatic N) is 2. The van der Waals surface area contributed by atoms with E-state index in [0.717, 1.165) is 24.4 Å². The molecule has 0 aliphatic carbocycles. The minimum absolute atomic E-state index is 0. The number of aromatic nitrogens is 2. The molecule has 1 aromatic heterocycles. The number of hydrogen-bond acceptors (Lipinski definition) is 5. The van der Waals surface area contributed by atoms with E-state index in [1.54, 1.807) is 0 Å². The Morgan fingerprint density at radius 1 is 1.41 bits per heavy atom. The molecular weight excluding hydrogens is 260 g/mol. The average Bonchev–Trinajstić information content (AvgIpc) is 2.88. The minimum atomic E-state index is -0.0266. The first-order valence-electron chi connectivity index (χ1n) is 5.65. The first-order valence-corrected chi connectivity index (χ1v) is 6.43. The summed E-state index contributed by atoms with van der Waals surface area (Å²) in [4.78, 5) is 12.4. The molecule has 2 unspecified atom stereocenters. The molecule has 2 N–H and O–H groups in total. The van der Waals surface area contributed by atoms with Crippen molar-refractivity contribution >= 4 is 29.8 Å². The minimum Gasteiger partial charge on any atom is -0.348 e. The predicted octanol–water partition coefficient (Wildman–Crippen LogP) is 0.973. The van der Waals surface area contributed by atoms with Crippen molar-refractivity contribution in [3.8, 4) is 0 Å². The van der Waals surface area contributed by atoms with E-state index in [2.05, 4.69) is 20.2 Å². The lowest BCUT2D eigenvalue weighted by Crippen LogP contribution is -2.47. The molecule has 3 rings (SSSR count). The number of halogens is 1. The van der Waals surface area contributed by atoms with Gasteiger partial charge in [-0.25, -0.2) is 0 Å². The van der Waals surface area contributed by atoms with Gasteiger partial charge in [-0.2, -0.15) is 0 Å². The van der Waals surface area contributed by atoms with Crippen molar-refractivity contribution in [2.24, 2.45) is 0 Å². The fraction of sp³-hybridized carbons (Fsp3) is 0.700. The van der Waals surface area contributed by atoms with Gasteiger partial charge in [-0.15, -0.1) is 17.5 Å². The van der Waals surface area contributed by atoms with Crippen LogP contribution in [0.1, 0.15) is 35.4 Å². The molecule has 2 fully saturated rings. The van der Waals surface area contributed by atoms with E-state index in [1.807, 2.05) is 0 Å². The Labute approximate surface area is 110 Å². The van der Waals surface area contributed by atoms with Crippen molar-refractivity contribution in [1.82, 2.24) is 20.2 Å². The Morgan fingerprint density at radius 3 is 2.71 bits per heavy atom. The molecule has 5 nitrogen and oxygen atoms in total. The van der Waals surface area contributed by atoms with Crippen LogP contribution in [0, 0.1) is 0 Å². The van der Waals surface area contributed by atoms with E-state index in [9.17, 15) is 4.79 Å². The van der Waals surface area contributed by atoms with Crippen molar-refractivity contribution in [2.75, 3.05) is 0 Å². The number of rotatable bonds is 2. The maximum absolute atomic E-state index is 11.8. The first-order chi connectivity index (χ1) is 7.81. The highest BCUT2D eigenvalue weighted by Crippen LogP contribution is 2.26. The van der Waals surface area contributed by atoms with E-state index in [0.29, 0.717) is 23.0 Å². The number of carbonyl (C=O) groups is 1. The molecule has 1 amide bonds. The maximum atomic E-state index is 11.8. The van der Waals surface area contributed by atoms with Crippen LogP contribution in [0.5, 0.6) is 0 Å². The van der Waals surface area contributed by atoms with Gasteiger partial charge in [-0.1, -0.05) is 4.49 Å². The van der Waals surface area contributed by atoms with Crippen LogP contribution in [0.25, 0.3) is 0 Å². The summed E-state index contributed by atoms with van der Waals surface area (Å²) in [7, 11) is 0. The van der Waals surface area contributed by atoms with Crippen LogP contribution < -0.4 is 10.6 Å². The van der Waals surface area contributed by atoms with E-state index in [1.165, 1.54) is 19.0 Å². The van der Waals surface area contributed by atoms with Crippen LogP contribution in [0.3, 0.4) is 0 Å². The Bertz CT molecular complexity index is 374. The van der Waals surface area contributed by atoms with E-state index < -0.39 is 0 Å². The van der Waals surface area contributed by atoms with Crippen LogP contribution in [0.15, 0.2) is 6.20 Å². The SMILES string of the molecule is Cl.O=C(NC1CC2CCC(C1)N2)c1cnns1. The zero-order valence-corrected chi connectivity index (χ0v) is 10.9. The van der Waals surface area contributed by atoms with Gasteiger partial charge < -0.3 is 10.6 Å². The Morgan fingerprint density at radius 2 is 2.12 bits per heavy atom. The molecule has 17 heavy (non-hydrogen) atoms. The molecular formula is C10H15ClN4OS. The van der Waals surface area contributed by atoms with Gasteiger partial charge in [-0.05, 0) is 37.2 Å². The van der Waals surface area contributed by atoms with Crippen LogP contribution >= 0.6 is 23.9 Å². The molecule has 0 radical (unpaired) electrons. The zero-order chi connectivity index (χ0) is 11.0. The van der Waals surface area contributed by atoms with E-state index in [4.69, 9.17) is 0 Å². The monoisotopic (exact) mass is 274 g/mol. The number of amides is 1. The fourth-order valence-electron chi connectivity index (χ4n) is 2.70. The molecule has 3 heterocycles. The quantitative estimate of drug-likeness (QED) is 0.843. The molecule has 7 heteroatoms. The summed E-state index contributed by atoms with van der Waals surface area (Å²) in [6.45, 7) is 0. The van der Waals surface area contributed by atoms with Crippen molar-refractivity contribution in [3.63, 3.8) is 0 Å². The Balaban J connectivity index is 0.00000108. The number of nitrogens with one attached hydrogen (secondary N) is 2. The normalized spacial score (nSPS) is 30.7. The lowest BCUT2D eigenvalue weighted by Gasteiger charge is -2.29. The standard InChI is InChI=1S/C10H14N4OS.ClH/c15-10(9-5-11-14-16-9)13-8-3-6-1-2-7(4-8)12-6;/h5-8,12H,1-4H2,(H,13,15);1H. The smallest absolute Gasteiger partial charge is 0.264 e. The third kappa shape index (κ3) is 2.75. The molecule has 2 saturated heterocycles. The fourth-order valence-corrected chi connectivity index (χ4v) is 3.12. The van der Waals surface area contributed by atoms with Gasteiger partial charge in [-0.3, -0.25) is 4.79 Å². The van der Waals surface area contributed by atoms with Gasteiger partial charge in [0.1, 0.15) is 4.88 Å². The highest BCUT2D eigenvalue weighted by molar-refractivity contribution is 7.07. The van der Waals surface area contributed by atoms with Crippen molar-refractivity contribution in [2.45, 2.75) is 43.8 Å². The van der Waals surface area contributed by atoms with Crippen LogP contribution in [0.4, 0.5) is 0 Å². The number of hydrogen-bond donors (Lipinski definition) is 2. The molecule has 94 valence electrons. The molecule has 0 aromatic carbocycles. The summed E-state index contributed by atoms with van der Waals surface area (Å²) in [5.74, 6) is -0.0266. The summed E-state index contributed by atoms with van der Waals surface area (Å²) in [5, 5.41) is 10.3. The summed E-state index contributed by atoms with van der Waals surface area (Å²) in [5.41, 5.74) is 0. The lowest BCUT2D eigenvalue weighted by atomic mass is 10.00. The van der Waals surface area contributed by atoms with Crippen molar-refractivity contribution in [3.05, 3.63) is 11.1 Å². The van der Waals surface area contributed by atoms with Gasteiger partial charge >= 0.3 is 0 Å². The average molecular weight is 275 g/mol. The highest BCUT2D eigenvalue weighted by Gasteiger charge is 2.34. The number of piperidine rings is 1. The second-order valence-corrected chi connectivity index (χ2v) is 5.35. The second kappa shape index (κ2) is 5.29. The predicted molar refractivity (Wildman–Crippen MR) is 67.6 cm³/mol. The number of carbonyl (C=O) groups excluding carboxylic acids is 1. The largest absolute Gasteiger partial charge is 0.348 e. The molecule has 0 saturated carbocycles. The van der Waals surface area contributed by atoms with Crippen molar-refractivity contribution < 1.29 is 4.79 Å². The summed E-state index contributed by atoms with van der Waals surface area (Å²) in [6, 6.07) is 1.51. The van der Waals surface area contributed by atoms with E-state index in [-0.39, 0.29) is 18.3 Å². The molecule has 2 aliphatic rings. The highest BCUT2D eigenvalue weighted by atomic mass is 35.5. The maximum Gasteiger partial charge on any atom is 0.264 e. The van der Waals surface area contributed by atoms with Crippen molar-refractivity contribution in [1.29, 1.82) is 0 Å². The molecule has 2 aliphatic heterocycles. The zero-order valence-electron chi connectivity index (χ0n) is 9.26. The summed E-state index contributed by atoms with van der Waals surface area (Å²) < 4.78 is 3.70. The van der Waals surface area contributed by atoms with E-state index >= 15 is 0 Å². The van der Waals surface area contributed by atoms with Gasteiger partial charge in [0, 0.05) is 18.1 Å². The Hall–Kier alpha value is -0.720. The van der Waals surface area contributed by atoms with Gasteiger partial charge in [0.25, 0.3) is 5.91 Å².